The van der Waals surface area contributed by atoms with E-state index in [1.165, 1.54) is 15.6 Å². The molecule has 0 aliphatic carbocycles. The summed E-state index contributed by atoms with van der Waals surface area (Å²) in [5.74, 6) is 1.05. The van der Waals surface area contributed by atoms with Crippen molar-refractivity contribution in [2.75, 3.05) is 6.61 Å². The highest BCUT2D eigenvalue weighted by Gasteiger charge is 2.26. The molecule has 0 aromatic heterocycles. The summed E-state index contributed by atoms with van der Waals surface area (Å²) in [7, 11) is 0. The van der Waals surface area contributed by atoms with Crippen molar-refractivity contribution in [2.45, 2.75) is 59.8 Å². The lowest BCUT2D eigenvalue weighted by molar-refractivity contribution is 0.134. The Balaban J connectivity index is 2.98. The molecule has 0 bridgehead atoms. The van der Waals surface area contributed by atoms with Crippen molar-refractivity contribution < 1.29 is 4.74 Å². The second kappa shape index (κ2) is 8.63. The maximum atomic E-state index is 6.26. The Morgan fingerprint density at radius 1 is 1.10 bits per heavy atom. The first-order chi connectivity index (χ1) is 10.1. The molecule has 21 heavy (non-hydrogen) atoms. The molecule has 0 saturated heterocycles. The summed E-state index contributed by atoms with van der Waals surface area (Å²) in [6.07, 6.45) is 7.28. The van der Waals surface area contributed by atoms with Crippen molar-refractivity contribution >= 4 is 15.9 Å². The Morgan fingerprint density at radius 2 is 1.71 bits per heavy atom. The van der Waals surface area contributed by atoms with Crippen LogP contribution in [0, 0.1) is 5.41 Å². The van der Waals surface area contributed by atoms with Crippen LogP contribution < -0.4 is 4.74 Å². The fourth-order valence-corrected chi connectivity index (χ4v) is 3.33. The summed E-state index contributed by atoms with van der Waals surface area (Å²) >= 11 is 3.66. The summed E-state index contributed by atoms with van der Waals surface area (Å²) in [5, 5.41) is 0. The Hall–Kier alpha value is -0.760. The average molecular weight is 353 g/mol. The van der Waals surface area contributed by atoms with Crippen molar-refractivity contribution in [3.8, 4) is 5.75 Å². The van der Waals surface area contributed by atoms with Crippen LogP contribution in [-0.4, -0.2) is 6.61 Å². The van der Waals surface area contributed by atoms with Gasteiger partial charge in [-0.15, -0.1) is 6.58 Å². The molecular formula is C19H29BrO. The normalized spacial score (nSPS) is 11.5. The van der Waals surface area contributed by atoms with Gasteiger partial charge in [-0.05, 0) is 55.4 Å². The van der Waals surface area contributed by atoms with E-state index in [0.717, 1.165) is 44.5 Å². The van der Waals surface area contributed by atoms with Crippen LogP contribution in [0.3, 0.4) is 0 Å². The van der Waals surface area contributed by atoms with Crippen LogP contribution in [0.4, 0.5) is 0 Å². The van der Waals surface area contributed by atoms with Crippen molar-refractivity contribution in [3.63, 3.8) is 0 Å². The molecule has 0 fully saturated rings. The number of aryl methyl sites for hydroxylation is 2. The van der Waals surface area contributed by atoms with Gasteiger partial charge in [0.15, 0.2) is 0 Å². The standard InChI is InChI=1S/C19H29BrO/c1-6-11-19(9-4,10-5)14-21-18-13-15(7-2)17(20)12-16(18)8-3/h6,12-13H,1,7-11,14H2,2-5H3. The van der Waals surface area contributed by atoms with Gasteiger partial charge in [-0.2, -0.15) is 0 Å². The van der Waals surface area contributed by atoms with Gasteiger partial charge in [0.1, 0.15) is 5.75 Å². The molecule has 1 aromatic rings. The molecule has 1 rings (SSSR count). The zero-order chi connectivity index (χ0) is 15.9. The lowest BCUT2D eigenvalue weighted by atomic mass is 9.80. The van der Waals surface area contributed by atoms with E-state index in [-0.39, 0.29) is 5.41 Å². The summed E-state index contributed by atoms with van der Waals surface area (Å²) in [4.78, 5) is 0. The van der Waals surface area contributed by atoms with Gasteiger partial charge in [0, 0.05) is 9.89 Å². The largest absolute Gasteiger partial charge is 0.493 e. The average Bonchev–Trinajstić information content (AvgIpc) is 2.52. The molecule has 0 unspecified atom stereocenters. The number of hydrogen-bond acceptors (Lipinski definition) is 1. The monoisotopic (exact) mass is 352 g/mol. The lowest BCUT2D eigenvalue weighted by Gasteiger charge is -2.31. The SMILES string of the molecule is C=CCC(CC)(CC)COc1cc(CC)c(Br)cc1CC. The Morgan fingerprint density at radius 3 is 2.19 bits per heavy atom. The van der Waals surface area contributed by atoms with Crippen molar-refractivity contribution in [1.82, 2.24) is 0 Å². The van der Waals surface area contributed by atoms with Gasteiger partial charge in [0.05, 0.1) is 6.61 Å². The number of rotatable bonds is 9. The second-order valence-electron chi connectivity index (χ2n) is 5.75. The smallest absolute Gasteiger partial charge is 0.122 e. The molecule has 118 valence electrons. The van der Waals surface area contributed by atoms with Gasteiger partial charge in [0.2, 0.25) is 0 Å². The fraction of sp³-hybridized carbons (Fsp3) is 0.579. The van der Waals surface area contributed by atoms with Crippen LogP contribution in [0.15, 0.2) is 29.3 Å². The van der Waals surface area contributed by atoms with Crippen LogP contribution in [0.25, 0.3) is 0 Å². The molecule has 0 aliphatic rings. The molecule has 0 heterocycles. The van der Waals surface area contributed by atoms with E-state index in [4.69, 9.17) is 4.74 Å². The van der Waals surface area contributed by atoms with E-state index in [2.05, 4.69) is 62.3 Å². The van der Waals surface area contributed by atoms with Crippen molar-refractivity contribution in [2.24, 2.45) is 5.41 Å². The minimum atomic E-state index is 0.214. The highest BCUT2D eigenvalue weighted by atomic mass is 79.9. The third-order valence-electron chi connectivity index (χ3n) is 4.60. The number of benzene rings is 1. The van der Waals surface area contributed by atoms with Crippen LogP contribution in [-0.2, 0) is 12.8 Å². The van der Waals surface area contributed by atoms with Gasteiger partial charge in [-0.1, -0.05) is 49.7 Å². The molecule has 0 atom stereocenters. The molecule has 0 saturated carbocycles. The van der Waals surface area contributed by atoms with E-state index in [1.807, 2.05) is 6.08 Å². The van der Waals surface area contributed by atoms with E-state index in [9.17, 15) is 0 Å². The van der Waals surface area contributed by atoms with E-state index < -0.39 is 0 Å². The van der Waals surface area contributed by atoms with Gasteiger partial charge < -0.3 is 4.74 Å². The number of hydrogen-bond donors (Lipinski definition) is 0. The maximum Gasteiger partial charge on any atom is 0.122 e. The highest BCUT2D eigenvalue weighted by Crippen LogP contribution is 2.34. The maximum absolute atomic E-state index is 6.26. The number of ether oxygens (including phenoxy) is 1. The zero-order valence-electron chi connectivity index (χ0n) is 14.0. The first-order valence-electron chi connectivity index (χ1n) is 8.10. The van der Waals surface area contributed by atoms with E-state index >= 15 is 0 Å². The molecule has 0 aliphatic heterocycles. The topological polar surface area (TPSA) is 9.23 Å². The highest BCUT2D eigenvalue weighted by molar-refractivity contribution is 9.10. The molecule has 0 amide bonds. The quantitative estimate of drug-likeness (QED) is 0.471. The third kappa shape index (κ3) is 4.60. The second-order valence-corrected chi connectivity index (χ2v) is 6.60. The minimum absolute atomic E-state index is 0.214. The Kier molecular flexibility index (Phi) is 7.51. The molecular weight excluding hydrogens is 324 g/mol. The van der Waals surface area contributed by atoms with Crippen molar-refractivity contribution in [3.05, 3.63) is 40.4 Å². The lowest BCUT2D eigenvalue weighted by Crippen LogP contribution is -2.27. The first-order valence-corrected chi connectivity index (χ1v) is 8.90. The first kappa shape index (κ1) is 18.3. The molecule has 0 N–H and O–H groups in total. The number of allylic oxidation sites excluding steroid dienone is 1. The molecule has 0 radical (unpaired) electrons. The molecule has 1 nitrogen and oxygen atoms in total. The predicted molar refractivity (Wildman–Crippen MR) is 96.2 cm³/mol. The number of halogens is 1. The predicted octanol–water partition coefficient (Wildman–Crippen LogP) is 6.34. The summed E-state index contributed by atoms with van der Waals surface area (Å²) in [5.41, 5.74) is 2.80. The fourth-order valence-electron chi connectivity index (χ4n) is 2.66. The van der Waals surface area contributed by atoms with Gasteiger partial charge >= 0.3 is 0 Å². The van der Waals surface area contributed by atoms with Gasteiger partial charge in [-0.25, -0.2) is 0 Å². The van der Waals surface area contributed by atoms with E-state index in [0.29, 0.717) is 0 Å². The zero-order valence-corrected chi connectivity index (χ0v) is 15.6. The van der Waals surface area contributed by atoms with E-state index in [1.54, 1.807) is 0 Å². The summed E-state index contributed by atoms with van der Waals surface area (Å²) in [6.45, 7) is 13.5. The van der Waals surface area contributed by atoms with Gasteiger partial charge in [0.25, 0.3) is 0 Å². The van der Waals surface area contributed by atoms with Gasteiger partial charge in [-0.3, -0.25) is 0 Å². The Labute approximate surface area is 138 Å². The van der Waals surface area contributed by atoms with Crippen molar-refractivity contribution in [1.29, 1.82) is 0 Å². The van der Waals surface area contributed by atoms with Crippen LogP contribution in [0.1, 0.15) is 58.1 Å². The minimum Gasteiger partial charge on any atom is -0.493 e. The van der Waals surface area contributed by atoms with Crippen LogP contribution >= 0.6 is 15.9 Å². The van der Waals surface area contributed by atoms with Crippen LogP contribution in [0.2, 0.25) is 0 Å². The van der Waals surface area contributed by atoms with Crippen LogP contribution in [0.5, 0.6) is 5.75 Å². The molecule has 0 spiro atoms. The summed E-state index contributed by atoms with van der Waals surface area (Å²) in [6, 6.07) is 4.41. The third-order valence-corrected chi connectivity index (χ3v) is 5.34. The summed E-state index contributed by atoms with van der Waals surface area (Å²) < 4.78 is 7.45. The molecule has 1 aromatic carbocycles. The Bertz CT molecular complexity index is 461. The molecule has 2 heteroatoms.